The fourth-order valence-electron chi connectivity index (χ4n) is 2.76. The standard InChI is InChI=1S/C20H25ClN2O6S/c1-14(20(24)22-11-12-29-17-8-6-16(27-2)7-9-17)23(30(4,25)26)15-5-10-19(28-3)18(21)13-15/h5-10,13-14H,11-12H2,1-4H3,(H,22,24)/t14-/m1/s1. The largest absolute Gasteiger partial charge is 0.497 e. The van der Waals surface area contributed by atoms with E-state index < -0.39 is 22.0 Å². The van der Waals surface area contributed by atoms with Crippen LogP contribution in [0.5, 0.6) is 17.2 Å². The lowest BCUT2D eigenvalue weighted by Gasteiger charge is -2.28. The van der Waals surface area contributed by atoms with Crippen LogP contribution < -0.4 is 23.8 Å². The van der Waals surface area contributed by atoms with Gasteiger partial charge in [0.25, 0.3) is 0 Å². The van der Waals surface area contributed by atoms with Crippen LogP contribution in [0.2, 0.25) is 5.02 Å². The zero-order valence-electron chi connectivity index (χ0n) is 17.2. The van der Waals surface area contributed by atoms with Crippen LogP contribution >= 0.6 is 11.6 Å². The number of ether oxygens (including phenoxy) is 3. The molecule has 1 N–H and O–H groups in total. The molecule has 0 aromatic heterocycles. The summed E-state index contributed by atoms with van der Waals surface area (Å²) in [5, 5.41) is 2.92. The molecule has 2 aromatic rings. The van der Waals surface area contributed by atoms with E-state index in [0.717, 1.165) is 10.6 Å². The van der Waals surface area contributed by atoms with Crippen LogP contribution in [-0.2, 0) is 14.8 Å². The van der Waals surface area contributed by atoms with E-state index in [1.54, 1.807) is 37.4 Å². The summed E-state index contributed by atoms with van der Waals surface area (Å²) in [7, 11) is -0.716. The number of carbonyl (C=O) groups excluding carboxylic acids is 1. The Hall–Kier alpha value is -2.65. The molecule has 0 aliphatic rings. The van der Waals surface area contributed by atoms with E-state index in [9.17, 15) is 13.2 Å². The smallest absolute Gasteiger partial charge is 0.243 e. The second kappa shape index (κ2) is 10.4. The Morgan fingerprint density at radius 2 is 1.73 bits per heavy atom. The van der Waals surface area contributed by atoms with Crippen molar-refractivity contribution < 1.29 is 27.4 Å². The van der Waals surface area contributed by atoms with Crippen molar-refractivity contribution >= 4 is 33.2 Å². The summed E-state index contributed by atoms with van der Waals surface area (Å²) in [4.78, 5) is 12.6. The number of benzene rings is 2. The van der Waals surface area contributed by atoms with Gasteiger partial charge in [-0.05, 0) is 49.4 Å². The number of anilines is 1. The number of nitrogens with one attached hydrogen (secondary N) is 1. The van der Waals surface area contributed by atoms with Crippen molar-refractivity contribution in [3.63, 3.8) is 0 Å². The lowest BCUT2D eigenvalue weighted by molar-refractivity contribution is -0.121. The Labute approximate surface area is 181 Å². The van der Waals surface area contributed by atoms with Gasteiger partial charge in [0.05, 0.1) is 37.7 Å². The summed E-state index contributed by atoms with van der Waals surface area (Å²) in [6.07, 6.45) is 1.03. The van der Waals surface area contributed by atoms with Gasteiger partial charge >= 0.3 is 0 Å². The molecule has 2 rings (SSSR count). The molecule has 0 fully saturated rings. The number of hydrogen-bond acceptors (Lipinski definition) is 6. The van der Waals surface area contributed by atoms with Gasteiger partial charge in [0, 0.05) is 0 Å². The molecule has 0 saturated carbocycles. The molecule has 0 aliphatic heterocycles. The highest BCUT2D eigenvalue weighted by Gasteiger charge is 2.29. The predicted molar refractivity (Wildman–Crippen MR) is 116 cm³/mol. The van der Waals surface area contributed by atoms with Crippen molar-refractivity contribution in [3.05, 3.63) is 47.5 Å². The van der Waals surface area contributed by atoms with Crippen molar-refractivity contribution in [2.24, 2.45) is 0 Å². The third-order valence-corrected chi connectivity index (χ3v) is 5.74. The lowest BCUT2D eigenvalue weighted by atomic mass is 10.2. The molecular formula is C20H25ClN2O6S. The summed E-state index contributed by atoms with van der Waals surface area (Å²) in [6.45, 7) is 1.92. The maximum absolute atomic E-state index is 12.6. The maximum atomic E-state index is 12.6. The van der Waals surface area contributed by atoms with Crippen LogP contribution in [0.4, 0.5) is 5.69 Å². The molecule has 0 unspecified atom stereocenters. The first-order valence-corrected chi connectivity index (χ1v) is 11.3. The summed E-state index contributed by atoms with van der Waals surface area (Å²) >= 11 is 6.12. The average Bonchev–Trinajstić information content (AvgIpc) is 2.70. The number of amides is 1. The minimum Gasteiger partial charge on any atom is -0.497 e. The quantitative estimate of drug-likeness (QED) is 0.552. The Bertz CT molecular complexity index is 966. The third-order valence-electron chi connectivity index (χ3n) is 4.21. The first-order valence-electron chi connectivity index (χ1n) is 9.05. The zero-order valence-corrected chi connectivity index (χ0v) is 18.8. The SMILES string of the molecule is COc1ccc(OCCNC(=O)[C@@H](C)N(c2ccc(OC)c(Cl)c2)S(C)(=O)=O)cc1. The number of halogens is 1. The Morgan fingerprint density at radius 3 is 2.27 bits per heavy atom. The number of carbonyl (C=O) groups is 1. The summed E-state index contributed by atoms with van der Waals surface area (Å²) in [6, 6.07) is 10.6. The first-order chi connectivity index (χ1) is 14.2. The molecule has 30 heavy (non-hydrogen) atoms. The van der Waals surface area contributed by atoms with Gasteiger partial charge in [-0.2, -0.15) is 0 Å². The molecular weight excluding hydrogens is 432 g/mol. The normalized spacial score (nSPS) is 12.0. The van der Waals surface area contributed by atoms with Crippen LogP contribution in [0.15, 0.2) is 42.5 Å². The minimum absolute atomic E-state index is 0.205. The van der Waals surface area contributed by atoms with Crippen LogP contribution in [0.1, 0.15) is 6.92 Å². The molecule has 1 amide bonds. The lowest BCUT2D eigenvalue weighted by Crippen LogP contribution is -2.48. The highest BCUT2D eigenvalue weighted by molar-refractivity contribution is 7.92. The number of nitrogens with zero attached hydrogens (tertiary/aromatic N) is 1. The average molecular weight is 457 g/mol. The third kappa shape index (κ3) is 6.17. The van der Waals surface area contributed by atoms with Crippen molar-refractivity contribution in [2.75, 3.05) is 37.9 Å². The molecule has 8 nitrogen and oxygen atoms in total. The van der Waals surface area contributed by atoms with Crippen molar-refractivity contribution in [3.8, 4) is 17.2 Å². The molecule has 164 valence electrons. The molecule has 0 spiro atoms. The van der Waals surface area contributed by atoms with Crippen molar-refractivity contribution in [1.82, 2.24) is 5.32 Å². The highest BCUT2D eigenvalue weighted by Crippen LogP contribution is 2.31. The van der Waals surface area contributed by atoms with Crippen LogP contribution in [0, 0.1) is 0 Å². The molecule has 2 aromatic carbocycles. The number of hydrogen-bond donors (Lipinski definition) is 1. The van der Waals surface area contributed by atoms with Crippen LogP contribution in [0.3, 0.4) is 0 Å². The van der Waals surface area contributed by atoms with Crippen LogP contribution in [-0.4, -0.2) is 54.0 Å². The molecule has 0 aliphatic carbocycles. The fourth-order valence-corrected chi connectivity index (χ4v) is 4.18. The van der Waals surface area contributed by atoms with E-state index in [2.05, 4.69) is 5.32 Å². The fraction of sp³-hybridized carbons (Fsp3) is 0.350. The highest BCUT2D eigenvalue weighted by atomic mass is 35.5. The second-order valence-corrected chi connectivity index (χ2v) is 8.64. The van der Waals surface area contributed by atoms with Crippen LogP contribution in [0.25, 0.3) is 0 Å². The van der Waals surface area contributed by atoms with E-state index in [1.165, 1.54) is 26.2 Å². The second-order valence-electron chi connectivity index (χ2n) is 6.37. The van der Waals surface area contributed by atoms with Gasteiger partial charge in [-0.15, -0.1) is 0 Å². The summed E-state index contributed by atoms with van der Waals surface area (Å²) < 4.78 is 41.4. The Balaban J connectivity index is 2.00. The van der Waals surface area contributed by atoms with Crippen molar-refractivity contribution in [2.45, 2.75) is 13.0 Å². The molecule has 0 heterocycles. The van der Waals surface area contributed by atoms with Gasteiger partial charge < -0.3 is 19.5 Å². The Morgan fingerprint density at radius 1 is 1.10 bits per heavy atom. The predicted octanol–water partition coefficient (Wildman–Crippen LogP) is 2.71. The summed E-state index contributed by atoms with van der Waals surface area (Å²) in [5.74, 6) is 1.28. The van der Waals surface area contributed by atoms with Crippen molar-refractivity contribution in [1.29, 1.82) is 0 Å². The van der Waals surface area contributed by atoms with E-state index >= 15 is 0 Å². The van der Waals surface area contributed by atoms with Gasteiger partial charge in [0.15, 0.2) is 0 Å². The van der Waals surface area contributed by atoms with E-state index in [4.69, 9.17) is 25.8 Å². The first kappa shape index (κ1) is 23.6. The molecule has 0 bridgehead atoms. The molecule has 0 saturated heterocycles. The summed E-state index contributed by atoms with van der Waals surface area (Å²) in [5.41, 5.74) is 0.264. The van der Waals surface area contributed by atoms with Gasteiger partial charge in [-0.3, -0.25) is 9.10 Å². The van der Waals surface area contributed by atoms with E-state index in [0.29, 0.717) is 17.2 Å². The zero-order chi connectivity index (χ0) is 22.3. The van der Waals surface area contributed by atoms with Gasteiger partial charge in [-0.1, -0.05) is 11.6 Å². The maximum Gasteiger partial charge on any atom is 0.243 e. The monoisotopic (exact) mass is 456 g/mol. The number of sulfonamides is 1. The minimum atomic E-state index is -3.75. The molecule has 0 radical (unpaired) electrons. The van der Waals surface area contributed by atoms with E-state index in [-0.39, 0.29) is 23.9 Å². The van der Waals surface area contributed by atoms with Gasteiger partial charge in [0.1, 0.15) is 29.9 Å². The topological polar surface area (TPSA) is 94.2 Å². The molecule has 1 atom stereocenters. The number of methoxy groups -OCH3 is 2. The number of rotatable bonds is 10. The van der Waals surface area contributed by atoms with E-state index in [1.807, 2.05) is 0 Å². The Kier molecular flexibility index (Phi) is 8.19. The van der Waals surface area contributed by atoms with Gasteiger partial charge in [0.2, 0.25) is 15.9 Å². The van der Waals surface area contributed by atoms with Gasteiger partial charge in [-0.25, -0.2) is 8.42 Å². The molecule has 10 heteroatoms.